The van der Waals surface area contributed by atoms with Crippen LogP contribution in [0.15, 0.2) is 34.8 Å². The van der Waals surface area contributed by atoms with Crippen molar-refractivity contribution >= 4 is 17.2 Å². The third-order valence-corrected chi connectivity index (χ3v) is 2.20. The standard InChI is InChI=1S/C10H10N2O2S/c11-5-7(10(12)15)3-6-1-2-8(13)9(14)4-6/h3-4,13-14H,1-2H2,(H2,12,15)/b7-3+. The summed E-state index contributed by atoms with van der Waals surface area (Å²) in [5, 5.41) is 27.1. The molecular weight excluding hydrogens is 212 g/mol. The third kappa shape index (κ3) is 2.82. The van der Waals surface area contributed by atoms with Gasteiger partial charge in [0.15, 0.2) is 5.76 Å². The van der Waals surface area contributed by atoms with Crippen LogP contribution in [0, 0.1) is 11.3 Å². The molecule has 0 aromatic heterocycles. The number of allylic oxidation sites excluding steroid dienone is 4. The highest BCUT2D eigenvalue weighted by molar-refractivity contribution is 7.80. The number of aliphatic hydroxyl groups is 2. The summed E-state index contributed by atoms with van der Waals surface area (Å²) in [6.07, 6.45) is 3.81. The summed E-state index contributed by atoms with van der Waals surface area (Å²) in [4.78, 5) is 0.0247. The topological polar surface area (TPSA) is 90.3 Å². The molecule has 0 aliphatic heterocycles. The van der Waals surface area contributed by atoms with Gasteiger partial charge < -0.3 is 15.9 Å². The van der Waals surface area contributed by atoms with Gasteiger partial charge in [-0.15, -0.1) is 0 Å². The molecule has 0 fully saturated rings. The molecule has 0 unspecified atom stereocenters. The van der Waals surface area contributed by atoms with Crippen LogP contribution in [0.3, 0.4) is 0 Å². The number of aliphatic hydroxyl groups excluding tert-OH is 2. The van der Waals surface area contributed by atoms with E-state index in [1.165, 1.54) is 12.2 Å². The second kappa shape index (κ2) is 4.62. The highest BCUT2D eigenvalue weighted by Gasteiger charge is 2.11. The van der Waals surface area contributed by atoms with E-state index in [-0.39, 0.29) is 22.1 Å². The minimum atomic E-state index is -0.173. The van der Waals surface area contributed by atoms with Crippen LogP contribution in [0.25, 0.3) is 0 Å². The predicted octanol–water partition coefficient (Wildman–Crippen LogP) is 1.77. The van der Waals surface area contributed by atoms with E-state index in [2.05, 4.69) is 12.2 Å². The Kier molecular flexibility index (Phi) is 3.47. The van der Waals surface area contributed by atoms with Gasteiger partial charge in [0.1, 0.15) is 16.8 Å². The quantitative estimate of drug-likeness (QED) is 0.376. The maximum atomic E-state index is 9.25. The van der Waals surface area contributed by atoms with Gasteiger partial charge in [-0.1, -0.05) is 12.2 Å². The molecule has 1 rings (SSSR count). The number of nitrogens with zero attached hydrogens (tertiary/aromatic N) is 1. The first-order valence-electron chi connectivity index (χ1n) is 4.28. The number of hydrogen-bond acceptors (Lipinski definition) is 4. The number of nitrogens with two attached hydrogens (primary N) is 1. The van der Waals surface area contributed by atoms with Crippen LogP contribution in [0.5, 0.6) is 0 Å². The zero-order valence-electron chi connectivity index (χ0n) is 7.90. The fraction of sp³-hybridized carbons (Fsp3) is 0.200. The average Bonchev–Trinajstić information content (AvgIpc) is 2.19. The number of hydrogen-bond donors (Lipinski definition) is 3. The van der Waals surface area contributed by atoms with Crippen LogP contribution >= 0.6 is 12.2 Å². The van der Waals surface area contributed by atoms with Crippen LogP contribution < -0.4 is 5.73 Å². The molecule has 0 amide bonds. The van der Waals surface area contributed by atoms with E-state index >= 15 is 0 Å². The van der Waals surface area contributed by atoms with E-state index in [0.29, 0.717) is 12.8 Å². The number of nitriles is 1. The minimum Gasteiger partial charge on any atom is -0.508 e. The lowest BCUT2D eigenvalue weighted by Gasteiger charge is -2.10. The van der Waals surface area contributed by atoms with Crippen molar-refractivity contribution in [2.24, 2.45) is 5.73 Å². The highest BCUT2D eigenvalue weighted by Crippen LogP contribution is 2.22. The van der Waals surface area contributed by atoms with Gasteiger partial charge in [-0.05, 0) is 24.1 Å². The molecule has 0 saturated carbocycles. The Labute approximate surface area is 92.6 Å². The Morgan fingerprint density at radius 1 is 1.53 bits per heavy atom. The average molecular weight is 222 g/mol. The van der Waals surface area contributed by atoms with Crippen molar-refractivity contribution in [1.29, 1.82) is 5.26 Å². The zero-order chi connectivity index (χ0) is 11.4. The van der Waals surface area contributed by atoms with E-state index in [9.17, 15) is 5.11 Å². The summed E-state index contributed by atoms with van der Waals surface area (Å²) >= 11 is 4.67. The number of rotatable bonds is 2. The van der Waals surface area contributed by atoms with Gasteiger partial charge in [0, 0.05) is 6.42 Å². The van der Waals surface area contributed by atoms with Gasteiger partial charge in [0.2, 0.25) is 0 Å². The first-order valence-corrected chi connectivity index (χ1v) is 4.68. The van der Waals surface area contributed by atoms with Crippen molar-refractivity contribution in [3.63, 3.8) is 0 Å². The van der Waals surface area contributed by atoms with Crippen LogP contribution in [0.1, 0.15) is 12.8 Å². The predicted molar refractivity (Wildman–Crippen MR) is 60.1 cm³/mol. The number of thiocarbonyl (C=S) groups is 1. The molecule has 15 heavy (non-hydrogen) atoms. The Bertz CT molecular complexity index is 427. The second-order valence-corrected chi connectivity index (χ2v) is 3.53. The normalized spacial score (nSPS) is 17.0. The fourth-order valence-corrected chi connectivity index (χ4v) is 1.28. The van der Waals surface area contributed by atoms with Crippen molar-refractivity contribution in [3.05, 3.63) is 34.8 Å². The van der Waals surface area contributed by atoms with Crippen LogP contribution in [-0.4, -0.2) is 15.2 Å². The SMILES string of the molecule is N#C/C(=C\C1=CC(O)=C(O)CC1)C(N)=S. The second-order valence-electron chi connectivity index (χ2n) is 3.09. The zero-order valence-corrected chi connectivity index (χ0v) is 8.71. The van der Waals surface area contributed by atoms with E-state index in [1.54, 1.807) is 0 Å². The molecule has 0 aromatic carbocycles. The molecular formula is C10H10N2O2S. The van der Waals surface area contributed by atoms with Gasteiger partial charge >= 0.3 is 0 Å². The Morgan fingerprint density at radius 2 is 2.20 bits per heavy atom. The van der Waals surface area contributed by atoms with E-state index < -0.39 is 0 Å². The van der Waals surface area contributed by atoms with Gasteiger partial charge in [-0.2, -0.15) is 5.26 Å². The summed E-state index contributed by atoms with van der Waals surface area (Å²) in [5.41, 5.74) is 6.23. The van der Waals surface area contributed by atoms with Crippen molar-refractivity contribution in [1.82, 2.24) is 0 Å². The third-order valence-electron chi connectivity index (χ3n) is 1.98. The molecule has 0 radical (unpaired) electrons. The van der Waals surface area contributed by atoms with Crippen molar-refractivity contribution in [3.8, 4) is 6.07 Å². The van der Waals surface area contributed by atoms with Gasteiger partial charge in [0.05, 0.1) is 5.57 Å². The molecule has 78 valence electrons. The lowest BCUT2D eigenvalue weighted by Crippen LogP contribution is -2.10. The maximum absolute atomic E-state index is 9.25. The van der Waals surface area contributed by atoms with Gasteiger partial charge in [0.25, 0.3) is 0 Å². The minimum absolute atomic E-state index is 0.0247. The summed E-state index contributed by atoms with van der Waals surface area (Å²) in [6, 6.07) is 1.87. The molecule has 0 atom stereocenters. The van der Waals surface area contributed by atoms with Crippen LogP contribution in [0.2, 0.25) is 0 Å². The monoisotopic (exact) mass is 222 g/mol. The van der Waals surface area contributed by atoms with Crippen LogP contribution in [-0.2, 0) is 0 Å². The molecule has 0 saturated heterocycles. The summed E-state index contributed by atoms with van der Waals surface area (Å²) in [6.45, 7) is 0. The Balaban J connectivity index is 2.98. The summed E-state index contributed by atoms with van der Waals surface area (Å²) < 4.78 is 0. The van der Waals surface area contributed by atoms with Crippen molar-refractivity contribution in [2.75, 3.05) is 0 Å². The molecule has 1 aliphatic carbocycles. The first kappa shape index (κ1) is 11.3. The van der Waals surface area contributed by atoms with Gasteiger partial charge in [-0.25, -0.2) is 0 Å². The Hall–Kier alpha value is -1.80. The first-order chi connectivity index (χ1) is 7.04. The smallest absolute Gasteiger partial charge is 0.153 e. The van der Waals surface area contributed by atoms with E-state index in [4.69, 9.17) is 16.1 Å². The van der Waals surface area contributed by atoms with Crippen molar-refractivity contribution < 1.29 is 10.2 Å². The lowest BCUT2D eigenvalue weighted by atomic mass is 10.0. The molecule has 0 bridgehead atoms. The molecule has 1 aliphatic rings. The van der Waals surface area contributed by atoms with E-state index in [0.717, 1.165) is 5.57 Å². The Morgan fingerprint density at radius 3 is 2.67 bits per heavy atom. The lowest BCUT2D eigenvalue weighted by molar-refractivity contribution is 0.318. The van der Waals surface area contributed by atoms with E-state index in [1.807, 2.05) is 6.07 Å². The molecule has 5 heteroatoms. The van der Waals surface area contributed by atoms with Crippen LogP contribution in [0.4, 0.5) is 0 Å². The highest BCUT2D eigenvalue weighted by atomic mass is 32.1. The molecule has 4 N–H and O–H groups in total. The molecule has 0 spiro atoms. The summed E-state index contributed by atoms with van der Waals surface area (Å²) in [7, 11) is 0. The van der Waals surface area contributed by atoms with Gasteiger partial charge in [-0.3, -0.25) is 0 Å². The molecule has 4 nitrogen and oxygen atoms in total. The molecule has 0 heterocycles. The van der Waals surface area contributed by atoms with Crippen molar-refractivity contribution in [2.45, 2.75) is 12.8 Å². The molecule has 0 aromatic rings. The summed E-state index contributed by atoms with van der Waals surface area (Å²) in [5.74, 6) is -0.214. The maximum Gasteiger partial charge on any atom is 0.153 e. The fourth-order valence-electron chi connectivity index (χ4n) is 1.18. The largest absolute Gasteiger partial charge is 0.508 e.